The lowest BCUT2D eigenvalue weighted by Crippen LogP contribution is -2.49. The van der Waals surface area contributed by atoms with Crippen LogP contribution in [-0.2, 0) is 26.2 Å². The molecule has 0 aromatic heterocycles. The molecule has 0 fully saturated rings. The second-order valence-electron chi connectivity index (χ2n) is 9.30. The molecule has 0 spiro atoms. The first-order valence-electron chi connectivity index (χ1n) is 12.2. The smallest absolute Gasteiger partial charge is 0.242 e. The van der Waals surface area contributed by atoms with Gasteiger partial charge in [-0.15, -0.1) is 0 Å². The van der Waals surface area contributed by atoms with Gasteiger partial charge < -0.3 is 10.2 Å². The van der Waals surface area contributed by atoms with E-state index in [1.54, 1.807) is 25.1 Å². The van der Waals surface area contributed by atoms with Crippen LogP contribution in [0.2, 0.25) is 0 Å². The summed E-state index contributed by atoms with van der Waals surface area (Å²) in [5, 5.41) is 2.91. The van der Waals surface area contributed by atoms with Gasteiger partial charge in [-0.2, -0.15) is 0 Å². The summed E-state index contributed by atoms with van der Waals surface area (Å²) in [5.74, 6) is -0.931. The van der Waals surface area contributed by atoms with Gasteiger partial charge >= 0.3 is 0 Å². The number of rotatable bonds is 12. The maximum Gasteiger partial charge on any atom is 0.242 e. The zero-order chi connectivity index (χ0) is 27.0. The fourth-order valence-electron chi connectivity index (χ4n) is 3.82. The maximum atomic E-state index is 13.4. The van der Waals surface area contributed by atoms with Crippen LogP contribution < -0.4 is 9.62 Å². The highest BCUT2D eigenvalue weighted by atomic mass is 32.2. The minimum atomic E-state index is -3.57. The van der Waals surface area contributed by atoms with Gasteiger partial charge in [-0.1, -0.05) is 31.2 Å². The Hall–Kier alpha value is -2.94. The lowest BCUT2D eigenvalue weighted by molar-refractivity contribution is -0.140. The molecule has 9 heteroatoms. The summed E-state index contributed by atoms with van der Waals surface area (Å²) < 4.78 is 39.8. The number of hydrogen-bond donors (Lipinski definition) is 1. The molecule has 2 aromatic rings. The first kappa shape index (κ1) is 29.3. The van der Waals surface area contributed by atoms with Crippen molar-refractivity contribution in [2.45, 2.75) is 72.5 Å². The van der Waals surface area contributed by atoms with E-state index in [1.165, 1.54) is 21.3 Å². The molecule has 2 atom stereocenters. The van der Waals surface area contributed by atoms with Gasteiger partial charge in [0.1, 0.15) is 11.9 Å². The minimum Gasteiger partial charge on any atom is -0.352 e. The molecular weight excluding hydrogens is 481 g/mol. The van der Waals surface area contributed by atoms with Gasteiger partial charge in [0.2, 0.25) is 21.8 Å². The molecule has 0 aliphatic carbocycles. The third-order valence-electron chi connectivity index (χ3n) is 6.43. The van der Waals surface area contributed by atoms with Gasteiger partial charge in [-0.25, -0.2) is 12.8 Å². The van der Waals surface area contributed by atoms with E-state index in [-0.39, 0.29) is 49.6 Å². The normalized spacial score (nSPS) is 13.1. The van der Waals surface area contributed by atoms with Crippen molar-refractivity contribution in [2.75, 3.05) is 17.1 Å². The van der Waals surface area contributed by atoms with Gasteiger partial charge in [0.05, 0.1) is 11.9 Å². The summed E-state index contributed by atoms with van der Waals surface area (Å²) >= 11 is 0. The number of carbonyl (C=O) groups is 2. The molecule has 0 saturated carbocycles. The van der Waals surface area contributed by atoms with Crippen LogP contribution in [0.25, 0.3) is 0 Å². The molecule has 2 amide bonds. The number of anilines is 1. The minimum absolute atomic E-state index is 0.0383. The molecule has 0 saturated heterocycles. The highest BCUT2D eigenvalue weighted by Crippen LogP contribution is 2.25. The van der Waals surface area contributed by atoms with Crippen LogP contribution >= 0.6 is 0 Å². The molecule has 1 N–H and O–H groups in total. The standard InChI is InChI=1S/C27H38FN3O4S/c1-7-20(3)29-27(33)22(5)30(18-23-13-15-24(28)16-14-23)26(32)12-9-17-31(36(6,34)35)25-11-8-10-19(2)21(25)4/h8,10-11,13-16,20,22H,7,9,12,17-18H2,1-6H3,(H,29,33)/t20-,22+/m1/s1. The highest BCUT2D eigenvalue weighted by molar-refractivity contribution is 7.92. The van der Waals surface area contributed by atoms with E-state index >= 15 is 0 Å². The number of nitrogens with one attached hydrogen (secondary N) is 1. The van der Waals surface area contributed by atoms with Gasteiger partial charge in [0.25, 0.3) is 0 Å². The fourth-order valence-corrected chi connectivity index (χ4v) is 4.84. The molecule has 0 unspecified atom stereocenters. The van der Waals surface area contributed by atoms with Gasteiger partial charge in [-0.3, -0.25) is 13.9 Å². The molecule has 0 bridgehead atoms. The largest absolute Gasteiger partial charge is 0.352 e. The highest BCUT2D eigenvalue weighted by Gasteiger charge is 2.27. The number of amides is 2. The first-order chi connectivity index (χ1) is 16.8. The van der Waals surface area contributed by atoms with Crippen molar-refractivity contribution < 1.29 is 22.4 Å². The van der Waals surface area contributed by atoms with E-state index in [4.69, 9.17) is 0 Å². The van der Waals surface area contributed by atoms with Crippen molar-refractivity contribution in [3.05, 3.63) is 65.0 Å². The van der Waals surface area contributed by atoms with E-state index in [0.29, 0.717) is 11.3 Å². The van der Waals surface area contributed by atoms with Crippen LogP contribution in [0, 0.1) is 19.7 Å². The van der Waals surface area contributed by atoms with E-state index < -0.39 is 16.1 Å². The Morgan fingerprint density at radius 2 is 1.69 bits per heavy atom. The molecule has 0 aliphatic rings. The summed E-state index contributed by atoms with van der Waals surface area (Å²) in [5.41, 5.74) is 3.13. The molecule has 7 nitrogen and oxygen atoms in total. The predicted octanol–water partition coefficient (Wildman–Crippen LogP) is 4.32. The predicted molar refractivity (Wildman–Crippen MR) is 142 cm³/mol. The average Bonchev–Trinajstić information content (AvgIpc) is 2.82. The number of carbonyl (C=O) groups excluding carboxylic acids is 2. The number of benzene rings is 2. The zero-order valence-electron chi connectivity index (χ0n) is 22.0. The van der Waals surface area contributed by atoms with E-state index in [0.717, 1.165) is 23.8 Å². The van der Waals surface area contributed by atoms with Gasteiger partial charge in [0, 0.05) is 25.6 Å². The quantitative estimate of drug-likeness (QED) is 0.453. The topological polar surface area (TPSA) is 86.8 Å². The lowest BCUT2D eigenvalue weighted by Gasteiger charge is -2.30. The van der Waals surface area contributed by atoms with Crippen LogP contribution in [0.15, 0.2) is 42.5 Å². The third kappa shape index (κ3) is 8.05. The zero-order valence-corrected chi connectivity index (χ0v) is 22.9. The number of sulfonamides is 1. The van der Waals surface area contributed by atoms with Crippen LogP contribution in [0.3, 0.4) is 0 Å². The maximum absolute atomic E-state index is 13.4. The van der Waals surface area contributed by atoms with Crippen molar-refractivity contribution in [2.24, 2.45) is 0 Å². The van der Waals surface area contributed by atoms with Gasteiger partial charge in [0.15, 0.2) is 0 Å². The van der Waals surface area contributed by atoms with Crippen molar-refractivity contribution in [1.82, 2.24) is 10.2 Å². The Morgan fingerprint density at radius 1 is 1.06 bits per heavy atom. The summed E-state index contributed by atoms with van der Waals surface area (Å²) in [4.78, 5) is 27.6. The van der Waals surface area contributed by atoms with Crippen LogP contribution in [0.1, 0.15) is 56.7 Å². The van der Waals surface area contributed by atoms with Crippen molar-refractivity contribution >= 4 is 27.5 Å². The fraction of sp³-hybridized carbons (Fsp3) is 0.481. The Kier molecular flexibility index (Phi) is 10.5. The monoisotopic (exact) mass is 519 g/mol. The molecule has 0 aliphatic heterocycles. The lowest BCUT2D eigenvalue weighted by atomic mass is 10.1. The van der Waals surface area contributed by atoms with Crippen LogP contribution in [0.4, 0.5) is 10.1 Å². The van der Waals surface area contributed by atoms with E-state index in [9.17, 15) is 22.4 Å². The summed E-state index contributed by atoms with van der Waals surface area (Å²) in [7, 11) is -3.57. The Labute approximate surface area is 214 Å². The molecule has 36 heavy (non-hydrogen) atoms. The third-order valence-corrected chi connectivity index (χ3v) is 7.61. The molecule has 0 heterocycles. The van der Waals surface area contributed by atoms with Crippen LogP contribution in [-0.4, -0.2) is 50.0 Å². The average molecular weight is 520 g/mol. The van der Waals surface area contributed by atoms with E-state index in [1.807, 2.05) is 39.8 Å². The summed E-state index contributed by atoms with van der Waals surface area (Å²) in [6.45, 7) is 9.58. The Morgan fingerprint density at radius 3 is 2.28 bits per heavy atom. The number of hydrogen-bond acceptors (Lipinski definition) is 4. The number of aryl methyl sites for hydroxylation is 1. The molecular formula is C27H38FN3O4S. The van der Waals surface area contributed by atoms with Crippen molar-refractivity contribution in [3.63, 3.8) is 0 Å². The number of nitrogens with zero attached hydrogens (tertiary/aromatic N) is 2. The second-order valence-corrected chi connectivity index (χ2v) is 11.2. The summed E-state index contributed by atoms with van der Waals surface area (Å²) in [6.07, 6.45) is 2.24. The molecule has 198 valence electrons. The first-order valence-corrected chi connectivity index (χ1v) is 14.1. The van der Waals surface area contributed by atoms with Crippen LogP contribution in [0.5, 0.6) is 0 Å². The molecule has 2 rings (SSSR count). The molecule has 2 aromatic carbocycles. The van der Waals surface area contributed by atoms with E-state index in [2.05, 4.69) is 5.32 Å². The second kappa shape index (κ2) is 12.9. The SMILES string of the molecule is CC[C@@H](C)NC(=O)[C@H](C)N(Cc1ccc(F)cc1)C(=O)CCCN(c1cccc(C)c1C)S(C)(=O)=O. The Balaban J connectivity index is 2.20. The van der Waals surface area contributed by atoms with Gasteiger partial charge in [-0.05, 0) is 75.4 Å². The van der Waals surface area contributed by atoms with Crippen molar-refractivity contribution in [3.8, 4) is 0 Å². The van der Waals surface area contributed by atoms with Crippen molar-refractivity contribution in [1.29, 1.82) is 0 Å². The number of halogens is 1. The Bertz CT molecular complexity index is 1150. The molecule has 0 radical (unpaired) electrons. The summed E-state index contributed by atoms with van der Waals surface area (Å²) in [6, 6.07) is 10.5.